The summed E-state index contributed by atoms with van der Waals surface area (Å²) in [6.45, 7) is 10.4. The van der Waals surface area contributed by atoms with Crippen LogP contribution in [0.2, 0.25) is 0 Å². The van der Waals surface area contributed by atoms with Gasteiger partial charge in [0.05, 0.1) is 13.2 Å². The third-order valence-electron chi connectivity index (χ3n) is 15.6. The lowest BCUT2D eigenvalue weighted by atomic mass is 10.0. The molecule has 4 heteroatoms. The average Bonchev–Trinajstić information content (AvgIpc) is 3.40. The first-order valence-electron chi connectivity index (χ1n) is 34.6. The minimum Gasteiger partial charge on any atom is -0.466 e. The normalized spacial score (nSPS) is 11.4. The van der Waals surface area contributed by atoms with Crippen LogP contribution >= 0.6 is 0 Å². The van der Waals surface area contributed by atoms with Gasteiger partial charge >= 0.3 is 11.9 Å². The van der Waals surface area contributed by atoms with E-state index in [1.54, 1.807) is 0 Å². The van der Waals surface area contributed by atoms with E-state index in [1.165, 1.54) is 347 Å². The molecule has 0 aliphatic carbocycles. The second-order valence-electron chi connectivity index (χ2n) is 23.4. The Morgan fingerprint density at radius 2 is 0.378 bits per heavy atom. The lowest BCUT2D eigenvalue weighted by Crippen LogP contribution is -2.05. The SMILES string of the molecule is CCCCCCCC/C=C\CCCCCCCCOC(=O)CCCCCCCCCCCCCCCC.CCCCCCCCCCCCCCCCCCOC(=O)CCCCCCCCCCCCCCCC. The van der Waals surface area contributed by atoms with Gasteiger partial charge in [-0.1, -0.05) is 361 Å². The van der Waals surface area contributed by atoms with Crippen LogP contribution in [0, 0.1) is 0 Å². The molecule has 0 fully saturated rings. The van der Waals surface area contributed by atoms with Crippen molar-refractivity contribution in [3.8, 4) is 0 Å². The molecule has 0 bridgehead atoms. The van der Waals surface area contributed by atoms with Crippen LogP contribution in [0.5, 0.6) is 0 Å². The van der Waals surface area contributed by atoms with E-state index in [4.69, 9.17) is 9.47 Å². The van der Waals surface area contributed by atoms with Crippen molar-refractivity contribution in [1.29, 1.82) is 0 Å². The van der Waals surface area contributed by atoms with E-state index in [0.717, 1.165) is 25.7 Å². The monoisotopic (exact) mass is 1040 g/mol. The highest BCUT2D eigenvalue weighted by molar-refractivity contribution is 5.69. The van der Waals surface area contributed by atoms with E-state index < -0.39 is 0 Å². The van der Waals surface area contributed by atoms with Gasteiger partial charge < -0.3 is 9.47 Å². The van der Waals surface area contributed by atoms with Gasteiger partial charge in [-0.15, -0.1) is 0 Å². The van der Waals surface area contributed by atoms with Gasteiger partial charge in [0.25, 0.3) is 0 Å². The van der Waals surface area contributed by atoms with Crippen molar-refractivity contribution in [3.05, 3.63) is 12.2 Å². The third kappa shape index (κ3) is 72.8. The fraction of sp³-hybridized carbons (Fsp3) is 0.943. The average molecular weight is 1040 g/mol. The smallest absolute Gasteiger partial charge is 0.305 e. The number of carbonyl (C=O) groups is 2. The second-order valence-corrected chi connectivity index (χ2v) is 23.4. The molecule has 0 heterocycles. The van der Waals surface area contributed by atoms with Gasteiger partial charge in [0.2, 0.25) is 0 Å². The van der Waals surface area contributed by atoms with Crippen LogP contribution < -0.4 is 0 Å². The van der Waals surface area contributed by atoms with Gasteiger partial charge in [0, 0.05) is 12.8 Å². The van der Waals surface area contributed by atoms with Gasteiger partial charge in [0.1, 0.15) is 0 Å². The van der Waals surface area contributed by atoms with Gasteiger partial charge in [-0.05, 0) is 51.4 Å². The van der Waals surface area contributed by atoms with Crippen molar-refractivity contribution in [2.75, 3.05) is 13.2 Å². The first kappa shape index (κ1) is 74.8. The zero-order valence-corrected chi connectivity index (χ0v) is 51.6. The van der Waals surface area contributed by atoms with Gasteiger partial charge in [-0.2, -0.15) is 0 Å². The first-order valence-corrected chi connectivity index (χ1v) is 34.6. The Labute approximate surface area is 467 Å². The molecule has 0 aromatic carbocycles. The summed E-state index contributed by atoms with van der Waals surface area (Å²) < 4.78 is 10.9. The molecule has 0 aromatic rings. The predicted octanol–water partition coefficient (Wildman–Crippen LogP) is 25.1. The molecule has 0 saturated carbocycles. The Hall–Kier alpha value is -1.32. The highest BCUT2D eigenvalue weighted by Gasteiger charge is 2.05. The third-order valence-corrected chi connectivity index (χ3v) is 15.6. The molecule has 0 aliphatic heterocycles. The van der Waals surface area contributed by atoms with Crippen LogP contribution in [0.3, 0.4) is 0 Å². The van der Waals surface area contributed by atoms with E-state index >= 15 is 0 Å². The molecule has 0 amide bonds. The molecule has 0 radical (unpaired) electrons. The van der Waals surface area contributed by atoms with Crippen LogP contribution in [0.15, 0.2) is 12.2 Å². The van der Waals surface area contributed by atoms with Crippen LogP contribution in [0.1, 0.15) is 413 Å². The highest BCUT2D eigenvalue weighted by Crippen LogP contribution is 2.18. The standard InChI is InChI=1S/C35H70O2.C35H68O2/c2*1-3-5-7-9-11-13-15-17-19-20-22-24-26-28-30-32-34-37-35(36)33-31-29-27-25-23-21-18-16-14-12-10-8-6-4-2/h3-34H2,1-2H3;17,19H,3-16,18,20-34H2,1-2H3/b;19-17-. The van der Waals surface area contributed by atoms with Crippen molar-refractivity contribution >= 4 is 11.9 Å². The fourth-order valence-electron chi connectivity index (χ4n) is 10.4. The van der Waals surface area contributed by atoms with E-state index in [1.807, 2.05) is 0 Å². The van der Waals surface area contributed by atoms with Crippen molar-refractivity contribution in [1.82, 2.24) is 0 Å². The molecule has 0 atom stereocenters. The Balaban J connectivity index is 0. The topological polar surface area (TPSA) is 52.6 Å². The van der Waals surface area contributed by atoms with E-state index in [0.29, 0.717) is 26.1 Å². The van der Waals surface area contributed by atoms with Crippen LogP contribution in [0.25, 0.3) is 0 Å². The predicted molar refractivity (Wildman–Crippen MR) is 331 cm³/mol. The van der Waals surface area contributed by atoms with Crippen molar-refractivity contribution in [2.45, 2.75) is 413 Å². The summed E-state index contributed by atoms with van der Waals surface area (Å²) in [5.74, 6) is 0.0478. The lowest BCUT2D eigenvalue weighted by molar-refractivity contribution is -0.144. The summed E-state index contributed by atoms with van der Waals surface area (Å²) in [5.41, 5.74) is 0. The number of esters is 2. The van der Waals surface area contributed by atoms with Crippen LogP contribution in [-0.2, 0) is 19.1 Å². The molecular weight excluding hydrogens is 905 g/mol. The summed E-state index contributed by atoms with van der Waals surface area (Å²) in [4.78, 5) is 23.8. The Bertz CT molecular complexity index is 1040. The molecule has 0 aromatic heterocycles. The van der Waals surface area contributed by atoms with E-state index in [2.05, 4.69) is 39.8 Å². The molecular formula is C70H138O4. The largest absolute Gasteiger partial charge is 0.466 e. The zero-order valence-electron chi connectivity index (χ0n) is 51.6. The highest BCUT2D eigenvalue weighted by atomic mass is 16.5. The Kier molecular flexibility index (Phi) is 72.4. The summed E-state index contributed by atoms with van der Waals surface area (Å²) >= 11 is 0. The molecule has 0 rings (SSSR count). The second kappa shape index (κ2) is 71.7. The zero-order chi connectivity index (χ0) is 53.8. The first-order chi connectivity index (χ1) is 36.6. The van der Waals surface area contributed by atoms with Gasteiger partial charge in [-0.25, -0.2) is 0 Å². The molecule has 442 valence electrons. The summed E-state index contributed by atoms with van der Waals surface area (Å²) in [7, 11) is 0. The van der Waals surface area contributed by atoms with Crippen LogP contribution in [0.4, 0.5) is 0 Å². The summed E-state index contributed by atoms with van der Waals surface area (Å²) in [6, 6.07) is 0. The van der Waals surface area contributed by atoms with Crippen LogP contribution in [-0.4, -0.2) is 25.2 Å². The molecule has 0 aliphatic rings. The summed E-state index contributed by atoms with van der Waals surface area (Å²) in [5, 5.41) is 0. The Morgan fingerprint density at radius 1 is 0.216 bits per heavy atom. The van der Waals surface area contributed by atoms with Gasteiger partial charge in [0.15, 0.2) is 0 Å². The number of carbonyl (C=O) groups excluding carboxylic acids is 2. The lowest BCUT2D eigenvalue weighted by Gasteiger charge is -2.06. The van der Waals surface area contributed by atoms with E-state index in [9.17, 15) is 9.59 Å². The Morgan fingerprint density at radius 3 is 0.581 bits per heavy atom. The maximum atomic E-state index is 11.9. The van der Waals surface area contributed by atoms with Crippen molar-refractivity contribution in [2.24, 2.45) is 0 Å². The number of hydrogen-bond donors (Lipinski definition) is 0. The maximum Gasteiger partial charge on any atom is 0.305 e. The van der Waals surface area contributed by atoms with Crippen molar-refractivity contribution < 1.29 is 19.1 Å². The van der Waals surface area contributed by atoms with Crippen molar-refractivity contribution in [3.63, 3.8) is 0 Å². The summed E-state index contributed by atoms with van der Waals surface area (Å²) in [6.07, 6.45) is 84.2. The minimum atomic E-state index is 0.0201. The number of ether oxygens (including phenoxy) is 2. The molecule has 0 N–H and O–H groups in total. The molecule has 4 nitrogen and oxygen atoms in total. The van der Waals surface area contributed by atoms with Gasteiger partial charge in [-0.3, -0.25) is 9.59 Å². The number of unbranched alkanes of at least 4 members (excludes halogenated alkanes) is 53. The maximum absolute atomic E-state index is 11.9. The minimum absolute atomic E-state index is 0.0201. The number of rotatable bonds is 63. The molecule has 0 unspecified atom stereocenters. The molecule has 74 heavy (non-hydrogen) atoms. The molecule has 0 spiro atoms. The number of allylic oxidation sites excluding steroid dienone is 2. The number of hydrogen-bond acceptors (Lipinski definition) is 4. The quantitative estimate of drug-likeness (QED) is 0.0346. The fourth-order valence-corrected chi connectivity index (χ4v) is 10.4. The van der Waals surface area contributed by atoms with E-state index in [-0.39, 0.29) is 11.9 Å². The molecule has 0 saturated heterocycles.